The third-order valence-electron chi connectivity index (χ3n) is 2.66. The number of nitrogens with zero attached hydrogens (tertiary/aromatic N) is 4. The molecule has 0 saturated carbocycles. The van der Waals surface area contributed by atoms with Crippen molar-refractivity contribution < 1.29 is 14.8 Å². The van der Waals surface area contributed by atoms with E-state index in [1.165, 1.54) is 12.1 Å². The molecule has 0 aliphatic rings. The number of nitro groups is 1. The summed E-state index contributed by atoms with van der Waals surface area (Å²) in [5.41, 5.74) is -0.183. The lowest BCUT2D eigenvalue weighted by Gasteiger charge is -2.05. The van der Waals surface area contributed by atoms with Gasteiger partial charge in [-0.25, -0.2) is 4.79 Å². The fraction of sp³-hybridized carbons (Fsp3) is 0.182. The molecular weight excluding hydrogens is 284 g/mol. The predicted octanol–water partition coefficient (Wildman–Crippen LogP) is 1.88. The van der Waals surface area contributed by atoms with Gasteiger partial charge in [0.25, 0.3) is 5.69 Å². The molecule has 0 spiro atoms. The third kappa shape index (κ3) is 2.62. The van der Waals surface area contributed by atoms with Gasteiger partial charge in [0.1, 0.15) is 5.82 Å². The lowest BCUT2D eigenvalue weighted by molar-refractivity contribution is -0.385. The van der Waals surface area contributed by atoms with Gasteiger partial charge in [-0.15, -0.1) is 10.2 Å². The normalized spacial score (nSPS) is 10.5. The molecule has 1 N–H and O–H groups in total. The minimum absolute atomic E-state index is 0.0127. The van der Waals surface area contributed by atoms with Crippen molar-refractivity contribution in [2.75, 3.05) is 0 Å². The van der Waals surface area contributed by atoms with Crippen LogP contribution in [0.3, 0.4) is 0 Å². The number of hydrogen-bond acceptors (Lipinski definition) is 6. The van der Waals surface area contributed by atoms with E-state index >= 15 is 0 Å². The number of carbonyl (C=O) groups is 1. The quantitative estimate of drug-likeness (QED) is 0.676. The van der Waals surface area contributed by atoms with Gasteiger partial charge in [-0.05, 0) is 24.8 Å². The summed E-state index contributed by atoms with van der Waals surface area (Å²) < 4.78 is 1.68. The van der Waals surface area contributed by atoms with Crippen molar-refractivity contribution in [1.82, 2.24) is 14.8 Å². The van der Waals surface area contributed by atoms with Gasteiger partial charge in [0, 0.05) is 24.1 Å². The van der Waals surface area contributed by atoms with E-state index in [9.17, 15) is 14.9 Å². The Hall–Kier alpha value is -2.42. The average molecular weight is 294 g/mol. The van der Waals surface area contributed by atoms with Crippen LogP contribution in [0.4, 0.5) is 5.69 Å². The van der Waals surface area contributed by atoms with Crippen LogP contribution in [0.1, 0.15) is 16.2 Å². The van der Waals surface area contributed by atoms with E-state index in [-0.39, 0.29) is 16.1 Å². The Morgan fingerprint density at radius 2 is 2.15 bits per heavy atom. The largest absolute Gasteiger partial charge is 0.478 e. The van der Waals surface area contributed by atoms with Crippen LogP contribution in [-0.2, 0) is 7.05 Å². The van der Waals surface area contributed by atoms with Gasteiger partial charge < -0.3 is 9.67 Å². The Morgan fingerprint density at radius 1 is 1.45 bits per heavy atom. The first-order valence-electron chi connectivity index (χ1n) is 5.45. The smallest absolute Gasteiger partial charge is 0.336 e. The Morgan fingerprint density at radius 3 is 2.65 bits per heavy atom. The maximum atomic E-state index is 11.2. The first kappa shape index (κ1) is 14.0. The van der Waals surface area contributed by atoms with E-state index in [1.54, 1.807) is 18.5 Å². The molecular formula is C11H10N4O4S. The maximum Gasteiger partial charge on any atom is 0.336 e. The third-order valence-corrected chi connectivity index (χ3v) is 3.76. The highest BCUT2D eigenvalue weighted by molar-refractivity contribution is 7.99. The van der Waals surface area contributed by atoms with Gasteiger partial charge in [0.2, 0.25) is 0 Å². The molecule has 20 heavy (non-hydrogen) atoms. The first-order valence-corrected chi connectivity index (χ1v) is 6.27. The van der Waals surface area contributed by atoms with Crippen LogP contribution in [-0.4, -0.2) is 30.8 Å². The van der Waals surface area contributed by atoms with Crippen molar-refractivity contribution in [2.24, 2.45) is 7.05 Å². The van der Waals surface area contributed by atoms with E-state index in [4.69, 9.17) is 5.11 Å². The van der Waals surface area contributed by atoms with Gasteiger partial charge in [-0.3, -0.25) is 10.1 Å². The summed E-state index contributed by atoms with van der Waals surface area (Å²) in [6.45, 7) is 1.75. The molecule has 0 atom stereocenters. The van der Waals surface area contributed by atoms with Gasteiger partial charge in [0.15, 0.2) is 5.16 Å². The minimum Gasteiger partial charge on any atom is -0.478 e. The molecule has 0 radical (unpaired) electrons. The highest BCUT2D eigenvalue weighted by atomic mass is 32.2. The van der Waals surface area contributed by atoms with Crippen LogP contribution in [0.15, 0.2) is 28.3 Å². The van der Waals surface area contributed by atoms with Crippen molar-refractivity contribution in [3.63, 3.8) is 0 Å². The average Bonchev–Trinajstić information content (AvgIpc) is 2.70. The zero-order valence-electron chi connectivity index (χ0n) is 10.6. The summed E-state index contributed by atoms with van der Waals surface area (Å²) in [5, 5.41) is 28.1. The van der Waals surface area contributed by atoms with E-state index in [0.29, 0.717) is 11.0 Å². The van der Waals surface area contributed by atoms with Crippen LogP contribution in [0.5, 0.6) is 0 Å². The van der Waals surface area contributed by atoms with Crippen molar-refractivity contribution >= 4 is 23.4 Å². The summed E-state index contributed by atoms with van der Waals surface area (Å²) in [5.74, 6) is -0.490. The molecule has 0 amide bonds. The summed E-state index contributed by atoms with van der Waals surface area (Å²) in [4.78, 5) is 21.6. The number of non-ortho nitro benzene ring substituents is 1. The van der Waals surface area contributed by atoms with Gasteiger partial charge in [-0.2, -0.15) is 0 Å². The molecule has 1 aromatic carbocycles. The fourth-order valence-corrected chi connectivity index (χ4v) is 2.45. The molecule has 0 bridgehead atoms. The lowest BCUT2D eigenvalue weighted by atomic mass is 10.2. The highest BCUT2D eigenvalue weighted by Crippen LogP contribution is 2.32. The van der Waals surface area contributed by atoms with Crippen molar-refractivity contribution in [1.29, 1.82) is 0 Å². The van der Waals surface area contributed by atoms with Crippen LogP contribution in [0.25, 0.3) is 0 Å². The second-order valence-electron chi connectivity index (χ2n) is 3.93. The van der Waals surface area contributed by atoms with E-state index in [2.05, 4.69) is 10.2 Å². The first-order chi connectivity index (χ1) is 9.40. The number of benzene rings is 1. The Labute approximate surface area is 117 Å². The number of aromatic carboxylic acids is 1. The van der Waals surface area contributed by atoms with Gasteiger partial charge in [-0.1, -0.05) is 0 Å². The zero-order valence-corrected chi connectivity index (χ0v) is 11.4. The molecule has 1 heterocycles. The molecule has 0 unspecified atom stereocenters. The molecule has 0 aliphatic heterocycles. The Balaban J connectivity index is 2.47. The van der Waals surface area contributed by atoms with Gasteiger partial charge >= 0.3 is 5.97 Å². The van der Waals surface area contributed by atoms with Crippen LogP contribution >= 0.6 is 11.8 Å². The molecule has 104 valence electrons. The van der Waals surface area contributed by atoms with E-state index in [0.717, 1.165) is 17.8 Å². The Bertz CT molecular complexity index is 698. The summed E-state index contributed by atoms with van der Waals surface area (Å²) >= 11 is 1.03. The molecule has 2 rings (SSSR count). The minimum atomic E-state index is -1.15. The molecule has 1 aromatic heterocycles. The maximum absolute atomic E-state index is 11.2. The topological polar surface area (TPSA) is 111 Å². The summed E-state index contributed by atoms with van der Waals surface area (Å²) in [7, 11) is 1.73. The number of aryl methyl sites for hydroxylation is 1. The summed E-state index contributed by atoms with van der Waals surface area (Å²) in [6, 6.07) is 3.60. The van der Waals surface area contributed by atoms with Gasteiger partial charge in [0.05, 0.1) is 10.5 Å². The predicted molar refractivity (Wildman–Crippen MR) is 69.9 cm³/mol. The molecule has 0 aliphatic carbocycles. The second-order valence-corrected chi connectivity index (χ2v) is 4.94. The van der Waals surface area contributed by atoms with Crippen molar-refractivity contribution in [3.05, 3.63) is 39.7 Å². The standard InChI is InChI=1S/C11H10N4O4S/c1-6-12-13-11(14(6)2)20-9-5-7(15(18)19)3-4-8(9)10(16)17/h3-5H,1-2H3,(H,16,17). The summed E-state index contributed by atoms with van der Waals surface area (Å²) in [6.07, 6.45) is 0. The SMILES string of the molecule is Cc1nnc(Sc2cc([N+](=O)[O-])ccc2C(=O)O)n1C. The number of aromatic nitrogens is 3. The molecule has 9 heteroatoms. The van der Waals surface area contributed by atoms with Crippen molar-refractivity contribution in [3.8, 4) is 0 Å². The molecule has 0 saturated heterocycles. The number of carboxylic acids is 1. The molecule has 8 nitrogen and oxygen atoms in total. The number of carboxylic acid groups (broad SMARTS) is 1. The van der Waals surface area contributed by atoms with E-state index < -0.39 is 10.9 Å². The van der Waals surface area contributed by atoms with Crippen molar-refractivity contribution in [2.45, 2.75) is 17.0 Å². The van der Waals surface area contributed by atoms with E-state index in [1.807, 2.05) is 0 Å². The van der Waals surface area contributed by atoms with Crippen LogP contribution in [0.2, 0.25) is 0 Å². The zero-order chi connectivity index (χ0) is 14.9. The number of nitro benzene ring substituents is 1. The van der Waals surface area contributed by atoms with Crippen LogP contribution < -0.4 is 0 Å². The number of hydrogen-bond donors (Lipinski definition) is 1. The lowest BCUT2D eigenvalue weighted by Crippen LogP contribution is -2.01. The molecule has 0 fully saturated rings. The van der Waals surface area contributed by atoms with Crippen LogP contribution in [0, 0.1) is 17.0 Å². The number of rotatable bonds is 4. The molecule has 2 aromatic rings. The fourth-order valence-electron chi connectivity index (χ4n) is 1.46. The second kappa shape index (κ2) is 5.29. The Kier molecular flexibility index (Phi) is 3.70. The monoisotopic (exact) mass is 294 g/mol. The highest BCUT2D eigenvalue weighted by Gasteiger charge is 2.18.